The van der Waals surface area contributed by atoms with Crippen molar-refractivity contribution in [1.82, 2.24) is 9.97 Å². The predicted octanol–water partition coefficient (Wildman–Crippen LogP) is 4.62. The van der Waals surface area contributed by atoms with Crippen LogP contribution in [0.5, 0.6) is 0 Å². The highest BCUT2D eigenvalue weighted by Crippen LogP contribution is 2.38. The van der Waals surface area contributed by atoms with E-state index in [1.54, 1.807) is 24.7 Å². The molecule has 0 aliphatic carbocycles. The predicted molar refractivity (Wildman–Crippen MR) is 129 cm³/mol. The highest BCUT2D eigenvalue weighted by molar-refractivity contribution is 7.93. The maximum atomic E-state index is 13.7. The van der Waals surface area contributed by atoms with Crippen LogP contribution in [-0.2, 0) is 16.6 Å². The number of aromatic amines is 1. The van der Waals surface area contributed by atoms with Gasteiger partial charge in [0.1, 0.15) is 0 Å². The van der Waals surface area contributed by atoms with Crippen molar-refractivity contribution in [1.29, 1.82) is 0 Å². The Morgan fingerprint density at radius 2 is 1.58 bits per heavy atom. The van der Waals surface area contributed by atoms with Gasteiger partial charge in [-0.15, -0.1) is 24.8 Å². The Kier molecular flexibility index (Phi) is 6.79. The van der Waals surface area contributed by atoms with Gasteiger partial charge in [-0.2, -0.15) is 0 Å². The molecule has 0 radical (unpaired) electrons. The molecule has 1 aromatic heterocycles. The molecule has 31 heavy (non-hydrogen) atoms. The lowest BCUT2D eigenvalue weighted by atomic mass is 10.1. The van der Waals surface area contributed by atoms with E-state index in [-0.39, 0.29) is 24.8 Å². The molecule has 0 saturated heterocycles. The Morgan fingerprint density at radius 1 is 0.871 bits per heavy atom. The molecule has 5 rings (SSSR count). The third kappa shape index (κ3) is 4.08. The van der Waals surface area contributed by atoms with Crippen molar-refractivity contribution in [3.05, 3.63) is 84.9 Å². The van der Waals surface area contributed by atoms with E-state index in [1.807, 2.05) is 54.6 Å². The first kappa shape index (κ1) is 22.9. The van der Waals surface area contributed by atoms with Crippen LogP contribution in [-0.4, -0.2) is 31.5 Å². The number of anilines is 2. The van der Waals surface area contributed by atoms with Crippen LogP contribution in [0.2, 0.25) is 0 Å². The topological polar surface area (TPSA) is 69.3 Å². The van der Waals surface area contributed by atoms with Crippen LogP contribution < -0.4 is 9.21 Å². The minimum Gasteiger partial charge on any atom is -0.362 e. The molecule has 0 spiro atoms. The molecule has 0 bridgehead atoms. The van der Waals surface area contributed by atoms with E-state index >= 15 is 0 Å². The van der Waals surface area contributed by atoms with Crippen molar-refractivity contribution in [3.63, 3.8) is 0 Å². The Labute approximate surface area is 193 Å². The average Bonchev–Trinajstić information content (AvgIpc) is 3.26. The molecule has 162 valence electrons. The van der Waals surface area contributed by atoms with Gasteiger partial charge in [0.15, 0.2) is 0 Å². The number of rotatable bonds is 4. The SMILES string of the molecule is Cl.Cl.O=S(=O)(c1cccc2ccccc12)N1CCN(Cc2cnc[nH]2)c2ccccc21. The Hall–Kier alpha value is -2.74. The number of nitrogens with zero attached hydrogens (tertiary/aromatic N) is 3. The molecule has 9 heteroatoms. The number of imidazole rings is 1. The van der Waals surface area contributed by atoms with E-state index in [9.17, 15) is 8.42 Å². The van der Waals surface area contributed by atoms with E-state index in [0.29, 0.717) is 30.2 Å². The normalized spacial score (nSPS) is 13.3. The number of hydrogen-bond acceptors (Lipinski definition) is 4. The van der Waals surface area contributed by atoms with E-state index in [0.717, 1.165) is 22.2 Å². The monoisotopic (exact) mass is 476 g/mol. The molecule has 4 aromatic rings. The molecule has 0 atom stereocenters. The third-order valence-electron chi connectivity index (χ3n) is 5.30. The summed E-state index contributed by atoms with van der Waals surface area (Å²) in [7, 11) is -3.70. The van der Waals surface area contributed by atoms with Gasteiger partial charge in [0, 0.05) is 18.1 Å². The van der Waals surface area contributed by atoms with Gasteiger partial charge in [-0.05, 0) is 23.6 Å². The van der Waals surface area contributed by atoms with Crippen molar-refractivity contribution < 1.29 is 8.42 Å². The summed E-state index contributed by atoms with van der Waals surface area (Å²) in [5.74, 6) is 0. The van der Waals surface area contributed by atoms with Gasteiger partial charge < -0.3 is 9.88 Å². The highest BCUT2D eigenvalue weighted by atomic mass is 35.5. The second-order valence-corrected chi connectivity index (χ2v) is 8.87. The number of sulfonamides is 1. The summed E-state index contributed by atoms with van der Waals surface area (Å²) in [6.07, 6.45) is 3.45. The van der Waals surface area contributed by atoms with Gasteiger partial charge in [-0.25, -0.2) is 13.4 Å². The van der Waals surface area contributed by atoms with Crippen molar-refractivity contribution in [2.75, 3.05) is 22.3 Å². The Bertz CT molecular complexity index is 1270. The molecule has 0 saturated carbocycles. The van der Waals surface area contributed by atoms with Crippen LogP contribution in [0, 0.1) is 0 Å². The number of H-pyrrole nitrogens is 1. The number of halogens is 2. The summed E-state index contributed by atoms with van der Waals surface area (Å²) >= 11 is 0. The Morgan fingerprint density at radius 3 is 2.35 bits per heavy atom. The summed E-state index contributed by atoms with van der Waals surface area (Å²) in [5.41, 5.74) is 2.59. The zero-order valence-corrected chi connectivity index (χ0v) is 19.0. The summed E-state index contributed by atoms with van der Waals surface area (Å²) in [4.78, 5) is 9.71. The molecule has 1 aliphatic heterocycles. The molecular formula is C22H22Cl2N4O2S. The first-order valence-electron chi connectivity index (χ1n) is 9.46. The quantitative estimate of drug-likeness (QED) is 0.466. The maximum Gasteiger partial charge on any atom is 0.265 e. The lowest BCUT2D eigenvalue weighted by Gasteiger charge is -2.38. The van der Waals surface area contributed by atoms with Crippen LogP contribution in [0.15, 0.2) is 84.1 Å². The molecule has 0 amide bonds. The molecule has 3 aromatic carbocycles. The number of benzene rings is 3. The number of para-hydroxylation sites is 2. The van der Waals surface area contributed by atoms with Gasteiger partial charge in [0.2, 0.25) is 0 Å². The van der Waals surface area contributed by atoms with Crippen molar-refractivity contribution in [2.45, 2.75) is 11.4 Å². The van der Waals surface area contributed by atoms with Crippen molar-refractivity contribution in [3.8, 4) is 0 Å². The average molecular weight is 477 g/mol. The molecule has 2 heterocycles. The van der Waals surface area contributed by atoms with Crippen LogP contribution in [0.1, 0.15) is 5.69 Å². The highest BCUT2D eigenvalue weighted by Gasteiger charge is 2.32. The molecule has 1 aliphatic rings. The zero-order valence-electron chi connectivity index (χ0n) is 16.5. The molecule has 1 N–H and O–H groups in total. The van der Waals surface area contributed by atoms with Crippen molar-refractivity contribution >= 4 is 57.0 Å². The van der Waals surface area contributed by atoms with Gasteiger partial charge in [0.25, 0.3) is 10.0 Å². The van der Waals surface area contributed by atoms with Crippen LogP contribution in [0.25, 0.3) is 10.8 Å². The summed E-state index contributed by atoms with van der Waals surface area (Å²) in [5, 5.41) is 1.66. The van der Waals surface area contributed by atoms with Crippen LogP contribution >= 0.6 is 24.8 Å². The van der Waals surface area contributed by atoms with E-state index in [1.165, 1.54) is 4.31 Å². The Balaban J connectivity index is 0.00000136. The number of hydrogen-bond donors (Lipinski definition) is 1. The zero-order chi connectivity index (χ0) is 19.8. The van der Waals surface area contributed by atoms with Gasteiger partial charge in [-0.3, -0.25) is 4.31 Å². The fourth-order valence-electron chi connectivity index (χ4n) is 3.92. The standard InChI is InChI=1S/C22H20N4O2S.2ClH/c27-29(28,22-11-5-7-17-6-1-2-8-19(17)22)26-13-12-25(15-18-14-23-16-24-18)20-9-3-4-10-21(20)26;;/h1-11,14,16H,12-13,15H2,(H,23,24);2*1H. The van der Waals surface area contributed by atoms with Gasteiger partial charge in [0.05, 0.1) is 41.4 Å². The van der Waals surface area contributed by atoms with E-state index in [2.05, 4.69) is 14.9 Å². The minimum absolute atomic E-state index is 0. The van der Waals surface area contributed by atoms with Gasteiger partial charge in [-0.1, -0.05) is 48.5 Å². The van der Waals surface area contributed by atoms with Crippen LogP contribution in [0.4, 0.5) is 11.4 Å². The van der Waals surface area contributed by atoms with Crippen LogP contribution in [0.3, 0.4) is 0 Å². The number of fused-ring (bicyclic) bond motifs is 2. The summed E-state index contributed by atoms with van der Waals surface area (Å²) < 4.78 is 28.9. The molecule has 0 fully saturated rings. The molecular weight excluding hydrogens is 455 g/mol. The first-order chi connectivity index (χ1) is 14.1. The third-order valence-corrected chi connectivity index (χ3v) is 7.17. The smallest absolute Gasteiger partial charge is 0.265 e. The van der Waals surface area contributed by atoms with E-state index < -0.39 is 10.0 Å². The van der Waals surface area contributed by atoms with Crippen molar-refractivity contribution in [2.24, 2.45) is 0 Å². The largest absolute Gasteiger partial charge is 0.362 e. The summed E-state index contributed by atoms with van der Waals surface area (Å²) in [6.45, 7) is 1.63. The number of aromatic nitrogens is 2. The lowest BCUT2D eigenvalue weighted by molar-refractivity contribution is 0.588. The maximum absolute atomic E-state index is 13.7. The molecule has 6 nitrogen and oxygen atoms in total. The second-order valence-electron chi connectivity index (χ2n) is 7.04. The number of nitrogens with one attached hydrogen (secondary N) is 1. The van der Waals surface area contributed by atoms with Gasteiger partial charge >= 0.3 is 0 Å². The van der Waals surface area contributed by atoms with E-state index in [4.69, 9.17) is 0 Å². The minimum atomic E-state index is -3.70. The second kappa shape index (κ2) is 9.18. The molecule has 0 unspecified atom stereocenters. The fourth-order valence-corrected chi connectivity index (χ4v) is 5.61. The first-order valence-corrected chi connectivity index (χ1v) is 10.9. The lowest BCUT2D eigenvalue weighted by Crippen LogP contribution is -2.43. The fraction of sp³-hybridized carbons (Fsp3) is 0.136. The summed E-state index contributed by atoms with van der Waals surface area (Å²) in [6, 6.07) is 20.7.